The second-order valence-corrected chi connectivity index (χ2v) is 5.93. The fraction of sp³-hybridized carbons (Fsp3) is 0.133. The molecule has 0 amide bonds. The standard InChI is InChI=1S/C15H12BrClN2O/c1-8-5-10-3-4-20-14(10)9(2)13(8)19-15-12(16)6-11(17)7-18-15/h3-7H,1-2H3,(H,18,19). The number of hydrogen-bond donors (Lipinski definition) is 1. The second kappa shape index (κ2) is 5.11. The van der Waals surface area contributed by atoms with Crippen molar-refractivity contribution in [3.63, 3.8) is 0 Å². The molecule has 0 aliphatic rings. The maximum atomic E-state index is 5.91. The van der Waals surface area contributed by atoms with Crippen LogP contribution in [0.4, 0.5) is 11.5 Å². The molecule has 1 N–H and O–H groups in total. The minimum Gasteiger partial charge on any atom is -0.464 e. The van der Waals surface area contributed by atoms with E-state index in [0.29, 0.717) is 5.02 Å². The summed E-state index contributed by atoms with van der Waals surface area (Å²) in [5.74, 6) is 0.728. The molecule has 3 nitrogen and oxygen atoms in total. The van der Waals surface area contributed by atoms with Crippen LogP contribution in [0.5, 0.6) is 0 Å². The van der Waals surface area contributed by atoms with E-state index in [4.69, 9.17) is 16.0 Å². The first-order valence-corrected chi connectivity index (χ1v) is 7.29. The van der Waals surface area contributed by atoms with Crippen LogP contribution in [0.3, 0.4) is 0 Å². The first kappa shape index (κ1) is 13.5. The van der Waals surface area contributed by atoms with Crippen LogP contribution in [0.25, 0.3) is 11.0 Å². The van der Waals surface area contributed by atoms with E-state index >= 15 is 0 Å². The van der Waals surface area contributed by atoms with E-state index in [1.54, 1.807) is 12.5 Å². The number of anilines is 2. The molecule has 1 aromatic carbocycles. The average Bonchev–Trinajstić information content (AvgIpc) is 2.85. The highest BCUT2D eigenvalue weighted by atomic mass is 79.9. The fourth-order valence-electron chi connectivity index (χ4n) is 2.27. The third-order valence-corrected chi connectivity index (χ3v) is 4.04. The van der Waals surface area contributed by atoms with Crippen LogP contribution in [0.15, 0.2) is 39.5 Å². The van der Waals surface area contributed by atoms with Gasteiger partial charge in [-0.2, -0.15) is 0 Å². The van der Waals surface area contributed by atoms with Gasteiger partial charge < -0.3 is 9.73 Å². The lowest BCUT2D eigenvalue weighted by Crippen LogP contribution is -1.99. The van der Waals surface area contributed by atoms with Crippen LogP contribution < -0.4 is 5.32 Å². The Morgan fingerprint density at radius 3 is 2.85 bits per heavy atom. The van der Waals surface area contributed by atoms with Crippen molar-refractivity contribution in [2.45, 2.75) is 13.8 Å². The largest absolute Gasteiger partial charge is 0.464 e. The maximum Gasteiger partial charge on any atom is 0.144 e. The van der Waals surface area contributed by atoms with Crippen molar-refractivity contribution in [1.82, 2.24) is 4.98 Å². The van der Waals surface area contributed by atoms with Crippen molar-refractivity contribution in [3.05, 3.63) is 51.3 Å². The molecule has 3 rings (SSSR count). The minimum absolute atomic E-state index is 0.595. The van der Waals surface area contributed by atoms with Gasteiger partial charge in [0.15, 0.2) is 0 Å². The van der Waals surface area contributed by atoms with Gasteiger partial charge in [0.25, 0.3) is 0 Å². The maximum absolute atomic E-state index is 5.91. The predicted molar refractivity (Wildman–Crippen MR) is 85.9 cm³/mol. The van der Waals surface area contributed by atoms with E-state index < -0.39 is 0 Å². The number of nitrogens with zero attached hydrogens (tertiary/aromatic N) is 1. The Balaban J connectivity index is 2.10. The minimum atomic E-state index is 0.595. The monoisotopic (exact) mass is 350 g/mol. The summed E-state index contributed by atoms with van der Waals surface area (Å²) >= 11 is 9.37. The summed E-state index contributed by atoms with van der Waals surface area (Å²) in [6, 6.07) is 5.88. The molecule has 102 valence electrons. The number of fused-ring (bicyclic) bond motifs is 1. The number of halogens is 2. The third kappa shape index (κ3) is 2.30. The van der Waals surface area contributed by atoms with Gasteiger partial charge in [-0.05, 0) is 53.5 Å². The molecule has 2 heterocycles. The molecular weight excluding hydrogens is 340 g/mol. The molecule has 0 spiro atoms. The van der Waals surface area contributed by atoms with Gasteiger partial charge in [0.1, 0.15) is 11.4 Å². The Kier molecular flexibility index (Phi) is 3.44. The molecule has 0 aliphatic heterocycles. The summed E-state index contributed by atoms with van der Waals surface area (Å²) < 4.78 is 6.36. The SMILES string of the molecule is Cc1cc2ccoc2c(C)c1Nc1ncc(Cl)cc1Br. The normalized spacial score (nSPS) is 11.0. The Labute approximate surface area is 130 Å². The molecule has 0 unspecified atom stereocenters. The van der Waals surface area contributed by atoms with Gasteiger partial charge in [-0.1, -0.05) is 11.6 Å². The third-order valence-electron chi connectivity index (χ3n) is 3.23. The van der Waals surface area contributed by atoms with Gasteiger partial charge in [-0.15, -0.1) is 0 Å². The Morgan fingerprint density at radius 1 is 1.30 bits per heavy atom. The quantitative estimate of drug-likeness (QED) is 0.652. The average molecular weight is 352 g/mol. The Bertz CT molecular complexity index is 798. The van der Waals surface area contributed by atoms with Gasteiger partial charge >= 0.3 is 0 Å². The van der Waals surface area contributed by atoms with Crippen molar-refractivity contribution in [3.8, 4) is 0 Å². The van der Waals surface area contributed by atoms with Gasteiger partial charge in [0, 0.05) is 22.8 Å². The van der Waals surface area contributed by atoms with Gasteiger partial charge in [0.2, 0.25) is 0 Å². The molecule has 0 bridgehead atoms. The van der Waals surface area contributed by atoms with E-state index in [2.05, 4.69) is 39.2 Å². The summed E-state index contributed by atoms with van der Waals surface area (Å²) in [5.41, 5.74) is 4.10. The summed E-state index contributed by atoms with van der Waals surface area (Å²) in [7, 11) is 0. The molecule has 0 fully saturated rings. The molecule has 3 aromatic rings. The summed E-state index contributed by atoms with van der Waals surface area (Å²) in [5, 5.41) is 5.04. The molecular formula is C15H12BrClN2O. The zero-order valence-corrected chi connectivity index (χ0v) is 13.3. The van der Waals surface area contributed by atoms with Crippen molar-refractivity contribution in [2.24, 2.45) is 0 Å². The van der Waals surface area contributed by atoms with Gasteiger partial charge in [-0.25, -0.2) is 4.98 Å². The topological polar surface area (TPSA) is 38.1 Å². The number of aromatic nitrogens is 1. The van der Waals surface area contributed by atoms with E-state index in [-0.39, 0.29) is 0 Å². The van der Waals surface area contributed by atoms with Gasteiger partial charge in [0.05, 0.1) is 15.8 Å². The van der Waals surface area contributed by atoms with E-state index in [1.807, 2.05) is 19.1 Å². The Morgan fingerprint density at radius 2 is 2.10 bits per heavy atom. The van der Waals surface area contributed by atoms with Crippen molar-refractivity contribution >= 4 is 50.0 Å². The molecule has 5 heteroatoms. The molecule has 0 aliphatic carbocycles. The number of benzene rings is 1. The van der Waals surface area contributed by atoms with E-state index in [1.165, 1.54) is 0 Å². The number of nitrogens with one attached hydrogen (secondary N) is 1. The van der Waals surface area contributed by atoms with Crippen molar-refractivity contribution in [1.29, 1.82) is 0 Å². The zero-order valence-electron chi connectivity index (χ0n) is 11.0. The number of hydrogen-bond acceptors (Lipinski definition) is 3. The number of furan rings is 1. The van der Waals surface area contributed by atoms with Crippen molar-refractivity contribution < 1.29 is 4.42 Å². The predicted octanol–water partition coefficient (Wildman–Crippen LogP) is 5.60. The van der Waals surface area contributed by atoms with E-state index in [0.717, 1.165) is 38.1 Å². The summed E-state index contributed by atoms with van der Waals surface area (Å²) in [6.07, 6.45) is 3.32. The van der Waals surface area contributed by atoms with E-state index in [9.17, 15) is 0 Å². The molecule has 0 saturated heterocycles. The molecule has 20 heavy (non-hydrogen) atoms. The van der Waals surface area contributed by atoms with Crippen LogP contribution in [0.2, 0.25) is 5.02 Å². The van der Waals surface area contributed by atoms with Gasteiger partial charge in [-0.3, -0.25) is 0 Å². The lowest BCUT2D eigenvalue weighted by atomic mass is 10.1. The highest BCUT2D eigenvalue weighted by Gasteiger charge is 2.12. The summed E-state index contributed by atoms with van der Waals surface area (Å²) in [4.78, 5) is 4.30. The zero-order chi connectivity index (χ0) is 14.3. The fourth-order valence-corrected chi connectivity index (χ4v) is 3.01. The molecule has 0 atom stereocenters. The lowest BCUT2D eigenvalue weighted by molar-refractivity contribution is 0.613. The summed E-state index contributed by atoms with van der Waals surface area (Å²) in [6.45, 7) is 4.09. The highest BCUT2D eigenvalue weighted by molar-refractivity contribution is 9.10. The highest BCUT2D eigenvalue weighted by Crippen LogP contribution is 2.33. The van der Waals surface area contributed by atoms with Crippen LogP contribution in [0, 0.1) is 13.8 Å². The number of pyridine rings is 1. The smallest absolute Gasteiger partial charge is 0.144 e. The number of rotatable bonds is 2. The molecule has 2 aromatic heterocycles. The molecule has 0 radical (unpaired) electrons. The second-order valence-electron chi connectivity index (χ2n) is 4.64. The van der Waals surface area contributed by atoms with Crippen LogP contribution in [-0.4, -0.2) is 4.98 Å². The first-order valence-electron chi connectivity index (χ1n) is 6.11. The molecule has 0 saturated carbocycles. The lowest BCUT2D eigenvalue weighted by Gasteiger charge is -2.13. The first-order chi connectivity index (χ1) is 9.56. The van der Waals surface area contributed by atoms with Crippen molar-refractivity contribution in [2.75, 3.05) is 5.32 Å². The Hall–Kier alpha value is -1.52. The number of aryl methyl sites for hydroxylation is 2. The van der Waals surface area contributed by atoms with Crippen LogP contribution >= 0.6 is 27.5 Å². The van der Waals surface area contributed by atoms with Crippen LogP contribution in [0.1, 0.15) is 11.1 Å². The van der Waals surface area contributed by atoms with Crippen LogP contribution in [-0.2, 0) is 0 Å².